The first kappa shape index (κ1) is 30.1. The van der Waals surface area contributed by atoms with Gasteiger partial charge in [-0.05, 0) is 19.4 Å². The Bertz CT molecular complexity index is 1280. The lowest BCUT2D eigenvalue weighted by atomic mass is 10.2. The molecule has 17 nitrogen and oxygen atoms in total. The Morgan fingerprint density at radius 2 is 1.54 bits per heavy atom. The van der Waals surface area contributed by atoms with Crippen LogP contribution in [0.1, 0.15) is 25.7 Å². The summed E-state index contributed by atoms with van der Waals surface area (Å²) in [5.74, 6) is 0.557. The molecule has 0 saturated heterocycles. The standard InChI is InChI=1S/C21H36N12O5S/c22-17-16-18(28-13-27-17)33(14-29-16)9-7-25-20-30-19(31-21(32-20)26-8-10-39(36,37)38)24-6-4-2-1-3-5-23-11-15(35)12-34/h13-15,23,34-35H,1-12H2,(H2,22,27,28)(H,36,37,38)(H3,24,25,26,30,31,32). The second-order valence-electron chi connectivity index (χ2n) is 8.70. The van der Waals surface area contributed by atoms with Crippen molar-refractivity contribution in [1.82, 2.24) is 39.8 Å². The molecule has 3 heterocycles. The van der Waals surface area contributed by atoms with Gasteiger partial charge in [-0.25, -0.2) is 15.0 Å². The maximum atomic E-state index is 11.0. The number of aromatic nitrogens is 7. The van der Waals surface area contributed by atoms with Crippen LogP contribution >= 0.6 is 0 Å². The monoisotopic (exact) mass is 568 g/mol. The molecule has 3 aromatic rings. The second-order valence-corrected chi connectivity index (χ2v) is 10.3. The van der Waals surface area contributed by atoms with Crippen LogP contribution in [0.4, 0.5) is 23.7 Å². The summed E-state index contributed by atoms with van der Waals surface area (Å²) in [5, 5.41) is 30.3. The quantitative estimate of drug-likeness (QED) is 0.0632. The minimum absolute atomic E-state index is 0.0761. The normalized spacial score (nSPS) is 12.5. The van der Waals surface area contributed by atoms with Gasteiger partial charge in [-0.1, -0.05) is 12.8 Å². The topological polar surface area (TPSA) is 251 Å². The number of unbranched alkanes of at least 4 members (excludes halogenated alkanes) is 3. The van der Waals surface area contributed by atoms with Crippen LogP contribution in [-0.2, 0) is 16.7 Å². The van der Waals surface area contributed by atoms with Gasteiger partial charge >= 0.3 is 0 Å². The Morgan fingerprint density at radius 1 is 0.897 bits per heavy atom. The first-order chi connectivity index (χ1) is 18.7. The van der Waals surface area contributed by atoms with Gasteiger partial charge in [0, 0.05) is 32.7 Å². The van der Waals surface area contributed by atoms with Crippen LogP contribution < -0.4 is 27.0 Å². The molecular formula is C21H36N12O5S. The minimum atomic E-state index is -4.13. The third-order valence-corrected chi connectivity index (χ3v) is 6.22. The highest BCUT2D eigenvalue weighted by molar-refractivity contribution is 7.85. The molecule has 0 bridgehead atoms. The maximum absolute atomic E-state index is 11.0. The van der Waals surface area contributed by atoms with E-state index in [0.29, 0.717) is 49.1 Å². The smallest absolute Gasteiger partial charge is 0.266 e. The van der Waals surface area contributed by atoms with Crippen molar-refractivity contribution in [2.75, 3.05) is 66.8 Å². The molecule has 9 N–H and O–H groups in total. The van der Waals surface area contributed by atoms with E-state index < -0.39 is 22.0 Å². The summed E-state index contributed by atoms with van der Waals surface area (Å²) in [6.07, 6.45) is 6.05. The zero-order valence-corrected chi connectivity index (χ0v) is 22.3. The maximum Gasteiger partial charge on any atom is 0.266 e. The molecule has 3 rings (SSSR count). The van der Waals surface area contributed by atoms with Crippen LogP contribution in [0.5, 0.6) is 0 Å². The molecule has 39 heavy (non-hydrogen) atoms. The van der Waals surface area contributed by atoms with Gasteiger partial charge in [0.25, 0.3) is 10.1 Å². The van der Waals surface area contributed by atoms with E-state index >= 15 is 0 Å². The molecule has 0 aromatic carbocycles. The molecule has 0 amide bonds. The lowest BCUT2D eigenvalue weighted by molar-refractivity contribution is 0.0945. The number of nitrogen functional groups attached to an aromatic ring is 1. The number of fused-ring (bicyclic) bond motifs is 1. The number of anilines is 4. The van der Waals surface area contributed by atoms with Gasteiger partial charge in [0.05, 0.1) is 24.8 Å². The predicted octanol–water partition coefficient (Wildman–Crippen LogP) is -1.08. The van der Waals surface area contributed by atoms with Crippen molar-refractivity contribution in [3.05, 3.63) is 12.7 Å². The highest BCUT2D eigenvalue weighted by Gasteiger charge is 2.10. The molecule has 216 valence electrons. The molecule has 18 heteroatoms. The number of hydrogen-bond acceptors (Lipinski definition) is 15. The molecule has 3 aromatic heterocycles. The van der Waals surface area contributed by atoms with E-state index in [9.17, 15) is 13.5 Å². The molecule has 0 radical (unpaired) electrons. The average Bonchev–Trinajstić information content (AvgIpc) is 3.31. The van der Waals surface area contributed by atoms with Gasteiger partial charge in [0.1, 0.15) is 11.8 Å². The molecule has 1 unspecified atom stereocenters. The fourth-order valence-corrected chi connectivity index (χ4v) is 3.88. The summed E-state index contributed by atoms with van der Waals surface area (Å²) < 4.78 is 32.9. The number of imidazole rings is 1. The highest BCUT2D eigenvalue weighted by Crippen LogP contribution is 2.14. The van der Waals surface area contributed by atoms with Gasteiger partial charge in [0.15, 0.2) is 11.5 Å². The van der Waals surface area contributed by atoms with Crippen molar-refractivity contribution in [2.24, 2.45) is 0 Å². The van der Waals surface area contributed by atoms with E-state index in [4.69, 9.17) is 15.4 Å². The number of aliphatic hydroxyl groups is 2. The van der Waals surface area contributed by atoms with Gasteiger partial charge in [-0.2, -0.15) is 23.4 Å². The molecule has 0 aliphatic carbocycles. The lowest BCUT2D eigenvalue weighted by Gasteiger charge is -2.12. The molecular weight excluding hydrogens is 532 g/mol. The van der Waals surface area contributed by atoms with E-state index in [0.717, 1.165) is 32.2 Å². The van der Waals surface area contributed by atoms with Crippen molar-refractivity contribution < 1.29 is 23.2 Å². The minimum Gasteiger partial charge on any atom is -0.394 e. The number of nitrogens with one attached hydrogen (secondary N) is 4. The molecule has 0 fully saturated rings. The van der Waals surface area contributed by atoms with Gasteiger partial charge < -0.3 is 41.8 Å². The van der Waals surface area contributed by atoms with Crippen LogP contribution in [0.3, 0.4) is 0 Å². The van der Waals surface area contributed by atoms with Crippen LogP contribution in [0.15, 0.2) is 12.7 Å². The fourth-order valence-electron chi connectivity index (χ4n) is 3.52. The van der Waals surface area contributed by atoms with Crippen LogP contribution in [0.25, 0.3) is 11.2 Å². The van der Waals surface area contributed by atoms with E-state index in [2.05, 4.69) is 51.2 Å². The van der Waals surface area contributed by atoms with E-state index in [-0.39, 0.29) is 25.0 Å². The number of nitrogens with two attached hydrogens (primary N) is 1. The molecule has 0 saturated carbocycles. The first-order valence-electron chi connectivity index (χ1n) is 12.6. The number of aliphatic hydroxyl groups excluding tert-OH is 2. The average molecular weight is 569 g/mol. The zero-order chi connectivity index (χ0) is 28.1. The van der Waals surface area contributed by atoms with Gasteiger partial charge in [0.2, 0.25) is 17.8 Å². The largest absolute Gasteiger partial charge is 0.394 e. The second kappa shape index (κ2) is 15.2. The number of nitrogens with zero attached hydrogens (tertiary/aromatic N) is 7. The van der Waals surface area contributed by atoms with Gasteiger partial charge in [-0.15, -0.1) is 0 Å². The molecule has 0 aliphatic rings. The van der Waals surface area contributed by atoms with Crippen LogP contribution in [0.2, 0.25) is 0 Å². The summed E-state index contributed by atoms with van der Waals surface area (Å²) in [6.45, 7) is 2.34. The Morgan fingerprint density at radius 3 is 2.21 bits per heavy atom. The Labute approximate surface area is 225 Å². The third-order valence-electron chi connectivity index (χ3n) is 5.50. The van der Waals surface area contributed by atoms with E-state index in [1.54, 1.807) is 6.33 Å². The van der Waals surface area contributed by atoms with E-state index in [1.165, 1.54) is 6.33 Å². The molecule has 0 aliphatic heterocycles. The van der Waals surface area contributed by atoms with Crippen molar-refractivity contribution in [3.8, 4) is 0 Å². The summed E-state index contributed by atoms with van der Waals surface area (Å²) in [4.78, 5) is 25.3. The number of rotatable bonds is 19. The number of hydrogen-bond donors (Lipinski definition) is 8. The molecule has 1 atom stereocenters. The Kier molecular flexibility index (Phi) is 11.7. The first-order valence-corrected chi connectivity index (χ1v) is 14.2. The SMILES string of the molecule is Nc1ncnc2c1ncn2CCNc1nc(NCCCCCCNCC(O)CO)nc(NCCS(=O)(=O)O)n1. The summed E-state index contributed by atoms with van der Waals surface area (Å²) in [7, 11) is -4.13. The summed E-state index contributed by atoms with van der Waals surface area (Å²) in [5.41, 5.74) is 6.96. The van der Waals surface area contributed by atoms with Crippen molar-refractivity contribution in [3.63, 3.8) is 0 Å². The Balaban J connectivity index is 1.50. The fraction of sp³-hybridized carbons (Fsp3) is 0.619. The summed E-state index contributed by atoms with van der Waals surface area (Å²) >= 11 is 0. The Hall–Kier alpha value is -3.45. The van der Waals surface area contributed by atoms with Crippen molar-refractivity contribution in [1.29, 1.82) is 0 Å². The van der Waals surface area contributed by atoms with Crippen LogP contribution in [-0.4, -0.2) is 109 Å². The zero-order valence-electron chi connectivity index (χ0n) is 21.5. The highest BCUT2D eigenvalue weighted by atomic mass is 32.2. The van der Waals surface area contributed by atoms with Gasteiger partial charge in [-0.3, -0.25) is 4.55 Å². The lowest BCUT2D eigenvalue weighted by Crippen LogP contribution is -2.29. The summed E-state index contributed by atoms with van der Waals surface area (Å²) in [6, 6.07) is 0. The van der Waals surface area contributed by atoms with E-state index in [1.807, 2.05) is 4.57 Å². The van der Waals surface area contributed by atoms with Crippen molar-refractivity contribution >= 4 is 44.9 Å². The predicted molar refractivity (Wildman–Crippen MR) is 146 cm³/mol. The third kappa shape index (κ3) is 10.7. The van der Waals surface area contributed by atoms with Crippen LogP contribution in [0, 0.1) is 0 Å². The molecule has 0 spiro atoms. The van der Waals surface area contributed by atoms with Crippen molar-refractivity contribution in [2.45, 2.75) is 38.3 Å².